The average molecular weight is 415 g/mol. The van der Waals surface area contributed by atoms with Crippen LogP contribution < -0.4 is 0 Å². The Balaban J connectivity index is 1.18. The molecule has 3 saturated heterocycles. The Morgan fingerprint density at radius 1 is 0.867 bits per heavy atom. The van der Waals surface area contributed by atoms with E-state index in [0.29, 0.717) is 40.8 Å². The van der Waals surface area contributed by atoms with Gasteiger partial charge in [-0.3, -0.25) is 0 Å². The maximum absolute atomic E-state index is 6.95. The number of epoxide rings is 1. The van der Waals surface area contributed by atoms with Crippen molar-refractivity contribution in [3.63, 3.8) is 0 Å². The summed E-state index contributed by atoms with van der Waals surface area (Å²) < 4.78 is 19.6. The molecule has 7 fully saturated rings. The van der Waals surface area contributed by atoms with Crippen molar-refractivity contribution in [2.45, 2.75) is 110 Å². The lowest BCUT2D eigenvalue weighted by Gasteiger charge is -2.61. The van der Waals surface area contributed by atoms with E-state index in [9.17, 15) is 0 Å². The fraction of sp³-hybridized carbons (Fsp3) is 1.00. The maximum atomic E-state index is 6.95. The van der Waals surface area contributed by atoms with Gasteiger partial charge >= 0.3 is 0 Å². The summed E-state index contributed by atoms with van der Waals surface area (Å²) in [6.45, 7) is 10.9. The number of fused-ring (bicyclic) bond motifs is 9. The standard InChI is InChI=1S/C27H42O3/c1-15-14-28-27(24-23(15)29-24)16(2)22-21(30-27)13-20-18-9-8-17-7-5-6-11-25(17,3)19(18)10-12-26(20,22)4/h15-24H,5-14H2,1-4H3/t15-,16-,17+,18+,19-,20-,21-,22-,23+,24-,25-,26-,27-/m0/s1. The largest absolute Gasteiger partial charge is 0.363 e. The van der Waals surface area contributed by atoms with Crippen LogP contribution in [0.5, 0.6) is 0 Å². The van der Waals surface area contributed by atoms with Crippen LogP contribution in [0.25, 0.3) is 0 Å². The van der Waals surface area contributed by atoms with Gasteiger partial charge in [0.1, 0.15) is 6.10 Å². The summed E-state index contributed by atoms with van der Waals surface area (Å²) in [6.07, 6.45) is 14.1. The minimum absolute atomic E-state index is 0.192. The molecule has 7 rings (SSSR count). The van der Waals surface area contributed by atoms with Crippen LogP contribution in [0.3, 0.4) is 0 Å². The van der Waals surface area contributed by atoms with Crippen LogP contribution >= 0.6 is 0 Å². The van der Waals surface area contributed by atoms with Crippen LogP contribution in [0.4, 0.5) is 0 Å². The number of ether oxygens (including phenoxy) is 3. The van der Waals surface area contributed by atoms with Gasteiger partial charge in [0.05, 0.1) is 18.8 Å². The number of rotatable bonds is 0. The van der Waals surface area contributed by atoms with Crippen molar-refractivity contribution in [2.75, 3.05) is 6.61 Å². The topological polar surface area (TPSA) is 31.0 Å². The molecule has 7 aliphatic rings. The van der Waals surface area contributed by atoms with E-state index in [1.165, 1.54) is 57.8 Å². The van der Waals surface area contributed by atoms with E-state index in [0.717, 1.165) is 30.3 Å². The zero-order valence-electron chi connectivity index (χ0n) is 19.6. The van der Waals surface area contributed by atoms with E-state index in [2.05, 4.69) is 27.7 Å². The fourth-order valence-electron chi connectivity index (χ4n) is 10.7. The van der Waals surface area contributed by atoms with Gasteiger partial charge in [-0.05, 0) is 85.4 Å². The molecule has 0 aromatic heterocycles. The Morgan fingerprint density at radius 3 is 2.60 bits per heavy atom. The highest BCUT2D eigenvalue weighted by molar-refractivity contribution is 5.18. The van der Waals surface area contributed by atoms with Crippen molar-refractivity contribution in [3.8, 4) is 0 Å². The molecule has 4 saturated carbocycles. The molecule has 30 heavy (non-hydrogen) atoms. The average Bonchev–Trinajstić information content (AvgIpc) is 3.42. The van der Waals surface area contributed by atoms with Crippen LogP contribution in [0.1, 0.15) is 85.5 Å². The summed E-state index contributed by atoms with van der Waals surface area (Å²) in [4.78, 5) is 0. The summed E-state index contributed by atoms with van der Waals surface area (Å²) in [6, 6.07) is 0. The lowest BCUT2D eigenvalue weighted by Crippen LogP contribution is -2.55. The second kappa shape index (κ2) is 6.06. The zero-order chi connectivity index (χ0) is 20.5. The fourth-order valence-corrected chi connectivity index (χ4v) is 10.7. The molecule has 0 aromatic rings. The molecule has 0 bridgehead atoms. The summed E-state index contributed by atoms with van der Waals surface area (Å²) >= 11 is 0. The van der Waals surface area contributed by atoms with Crippen molar-refractivity contribution >= 4 is 0 Å². The highest BCUT2D eigenvalue weighted by atomic mass is 16.8. The van der Waals surface area contributed by atoms with Crippen molar-refractivity contribution in [1.82, 2.24) is 0 Å². The molecule has 3 nitrogen and oxygen atoms in total. The van der Waals surface area contributed by atoms with E-state index in [1.807, 2.05) is 0 Å². The molecular weight excluding hydrogens is 372 g/mol. The van der Waals surface area contributed by atoms with Gasteiger partial charge in [-0.2, -0.15) is 0 Å². The Bertz CT molecular complexity index is 738. The molecule has 0 radical (unpaired) electrons. The van der Waals surface area contributed by atoms with Gasteiger partial charge in [-0.1, -0.05) is 40.5 Å². The van der Waals surface area contributed by atoms with Crippen LogP contribution in [0, 0.1) is 52.3 Å². The van der Waals surface area contributed by atoms with Gasteiger partial charge in [-0.15, -0.1) is 0 Å². The maximum Gasteiger partial charge on any atom is 0.200 e. The quantitative estimate of drug-likeness (QED) is 0.469. The van der Waals surface area contributed by atoms with Crippen LogP contribution in [0.15, 0.2) is 0 Å². The molecule has 3 heteroatoms. The normalized spacial score (nSPS) is 66.0. The lowest BCUT2D eigenvalue weighted by atomic mass is 9.44. The predicted octanol–water partition coefficient (Wildman–Crippen LogP) is 5.81. The van der Waals surface area contributed by atoms with E-state index >= 15 is 0 Å². The highest BCUT2D eigenvalue weighted by Crippen LogP contribution is 2.72. The van der Waals surface area contributed by atoms with Crippen LogP contribution in [0.2, 0.25) is 0 Å². The Morgan fingerprint density at radius 2 is 1.73 bits per heavy atom. The third kappa shape index (κ3) is 2.19. The van der Waals surface area contributed by atoms with E-state index in [4.69, 9.17) is 14.2 Å². The molecular formula is C27H42O3. The third-order valence-electron chi connectivity index (χ3n) is 12.2. The van der Waals surface area contributed by atoms with Crippen molar-refractivity contribution in [1.29, 1.82) is 0 Å². The minimum atomic E-state index is -0.440. The monoisotopic (exact) mass is 414 g/mol. The van der Waals surface area contributed by atoms with Gasteiger partial charge < -0.3 is 14.2 Å². The first kappa shape index (κ1) is 19.4. The molecule has 168 valence electrons. The van der Waals surface area contributed by atoms with E-state index < -0.39 is 5.79 Å². The SMILES string of the molecule is C[C@H]1CO[C@@]2(O[C@H]3C[C@H]4[C@@H]5CC[C@H]6CCCC[C@]6(C)[C@H]5CC[C@]4(C)[C@H]3[C@@H]2C)[C@H]2O[C@H]12. The van der Waals surface area contributed by atoms with Crippen molar-refractivity contribution < 1.29 is 14.2 Å². The molecule has 13 atom stereocenters. The van der Waals surface area contributed by atoms with Crippen molar-refractivity contribution in [2.24, 2.45) is 52.3 Å². The Labute approximate surface area is 183 Å². The van der Waals surface area contributed by atoms with Gasteiger partial charge in [0, 0.05) is 11.8 Å². The van der Waals surface area contributed by atoms with E-state index in [1.54, 1.807) is 0 Å². The molecule has 0 amide bonds. The molecule has 4 aliphatic carbocycles. The first-order valence-corrected chi connectivity index (χ1v) is 13.4. The first-order valence-electron chi connectivity index (χ1n) is 13.4. The summed E-state index contributed by atoms with van der Waals surface area (Å²) in [7, 11) is 0. The number of hydrogen-bond donors (Lipinski definition) is 0. The van der Waals surface area contributed by atoms with Gasteiger partial charge in [0.2, 0.25) is 5.79 Å². The third-order valence-corrected chi connectivity index (χ3v) is 12.2. The first-order chi connectivity index (χ1) is 14.4. The second-order valence-electron chi connectivity index (χ2n) is 13.2. The number of hydrogen-bond acceptors (Lipinski definition) is 3. The molecule has 1 spiro atoms. The summed E-state index contributed by atoms with van der Waals surface area (Å²) in [5.41, 5.74) is 1.06. The van der Waals surface area contributed by atoms with Gasteiger partial charge in [-0.25, -0.2) is 0 Å². The lowest BCUT2D eigenvalue weighted by molar-refractivity contribution is -0.268. The minimum Gasteiger partial charge on any atom is -0.363 e. The Kier molecular flexibility index (Phi) is 3.91. The van der Waals surface area contributed by atoms with Crippen LogP contribution in [-0.4, -0.2) is 30.7 Å². The van der Waals surface area contributed by atoms with E-state index in [-0.39, 0.29) is 6.10 Å². The molecule has 0 aromatic carbocycles. The second-order valence-corrected chi connectivity index (χ2v) is 13.2. The smallest absolute Gasteiger partial charge is 0.200 e. The zero-order valence-corrected chi connectivity index (χ0v) is 19.6. The summed E-state index contributed by atoms with van der Waals surface area (Å²) in [5.74, 6) is 4.98. The Hall–Kier alpha value is -0.120. The predicted molar refractivity (Wildman–Crippen MR) is 116 cm³/mol. The van der Waals surface area contributed by atoms with Crippen molar-refractivity contribution in [3.05, 3.63) is 0 Å². The van der Waals surface area contributed by atoms with Gasteiger partial charge in [0.25, 0.3) is 0 Å². The molecule has 3 aliphatic heterocycles. The molecule has 0 unspecified atom stereocenters. The molecule has 3 heterocycles. The molecule has 0 N–H and O–H groups in total. The van der Waals surface area contributed by atoms with Gasteiger partial charge in [0.15, 0.2) is 0 Å². The highest BCUT2D eigenvalue weighted by Gasteiger charge is 2.74. The van der Waals surface area contributed by atoms with Crippen LogP contribution in [-0.2, 0) is 14.2 Å². The summed E-state index contributed by atoms with van der Waals surface area (Å²) in [5, 5.41) is 0.